The van der Waals surface area contributed by atoms with Crippen LogP contribution in [0.1, 0.15) is 68.9 Å². The molecule has 2 atom stereocenters. The maximum atomic E-state index is 13.3. The summed E-state index contributed by atoms with van der Waals surface area (Å²) in [5.74, 6) is -0.0591. The molecule has 1 fully saturated rings. The molecule has 4 rings (SSSR count). The minimum atomic E-state index is -0.111. The average Bonchev–Trinajstić information content (AvgIpc) is 3.39. The minimum absolute atomic E-state index is 0.0524. The van der Waals surface area contributed by atoms with E-state index >= 15 is 0 Å². The van der Waals surface area contributed by atoms with E-state index in [1.54, 1.807) is 4.90 Å². The van der Waals surface area contributed by atoms with E-state index in [0.717, 1.165) is 56.3 Å². The van der Waals surface area contributed by atoms with E-state index in [1.165, 1.54) is 0 Å². The smallest absolute Gasteiger partial charge is 0.272 e. The van der Waals surface area contributed by atoms with Crippen LogP contribution in [0.4, 0.5) is 0 Å². The van der Waals surface area contributed by atoms with Crippen LogP contribution in [0.15, 0.2) is 30.3 Å². The molecule has 0 radical (unpaired) electrons. The molecule has 7 heteroatoms. The van der Waals surface area contributed by atoms with Gasteiger partial charge in [0.25, 0.3) is 5.91 Å². The third-order valence-electron chi connectivity index (χ3n) is 6.50. The Labute approximate surface area is 189 Å². The van der Waals surface area contributed by atoms with Gasteiger partial charge in [0.1, 0.15) is 12.2 Å². The van der Waals surface area contributed by atoms with Gasteiger partial charge in [-0.25, -0.2) is 0 Å². The first kappa shape index (κ1) is 21.9. The molecule has 0 bridgehead atoms. The molecule has 166 valence electrons. The number of fused-ring (bicyclic) bond motifs is 1. The van der Waals surface area contributed by atoms with Crippen LogP contribution in [0.5, 0.6) is 0 Å². The average molecular weight is 443 g/mol. The van der Waals surface area contributed by atoms with Crippen LogP contribution in [-0.4, -0.2) is 57.1 Å². The lowest BCUT2D eigenvalue weighted by atomic mass is 10.0. The SMILES string of the molecule is CCCCCC1CN(CC(=O)N2CCCC2C)C(=O)c2cc(-c3ccc(Cl)cc3)nn21. The fourth-order valence-corrected chi connectivity index (χ4v) is 4.83. The first-order chi connectivity index (χ1) is 15.0. The van der Waals surface area contributed by atoms with Gasteiger partial charge in [0.2, 0.25) is 5.91 Å². The number of nitrogens with zero attached hydrogens (tertiary/aromatic N) is 4. The van der Waals surface area contributed by atoms with Gasteiger partial charge < -0.3 is 9.80 Å². The number of unbranched alkanes of at least 4 members (excludes halogenated alkanes) is 2. The number of amides is 2. The van der Waals surface area contributed by atoms with Crippen LogP contribution >= 0.6 is 11.6 Å². The second kappa shape index (κ2) is 9.43. The number of halogens is 1. The normalized spacial score (nSPS) is 20.9. The standard InChI is InChI=1S/C24H31ClN4O2/c1-3-4-5-8-20-15-27(16-23(30)28-13-6-7-17(28)2)24(31)22-14-21(26-29(20)22)18-9-11-19(25)12-10-18/h9-12,14,17,20H,3-8,13,15-16H2,1-2H3. The molecule has 1 saturated heterocycles. The molecule has 0 N–H and O–H groups in total. The predicted octanol–water partition coefficient (Wildman–Crippen LogP) is 4.79. The van der Waals surface area contributed by atoms with E-state index in [0.29, 0.717) is 17.3 Å². The first-order valence-corrected chi connectivity index (χ1v) is 11.8. The maximum Gasteiger partial charge on any atom is 0.272 e. The molecule has 1 aromatic carbocycles. The minimum Gasteiger partial charge on any atom is -0.338 e. The molecule has 0 spiro atoms. The fraction of sp³-hybridized carbons (Fsp3) is 0.542. The van der Waals surface area contributed by atoms with Crippen LogP contribution in [-0.2, 0) is 4.79 Å². The molecule has 2 aromatic rings. The number of likely N-dealkylation sites (tertiary alicyclic amines) is 1. The topological polar surface area (TPSA) is 58.4 Å². The van der Waals surface area contributed by atoms with E-state index in [4.69, 9.17) is 16.7 Å². The summed E-state index contributed by atoms with van der Waals surface area (Å²) < 4.78 is 1.89. The zero-order valence-corrected chi connectivity index (χ0v) is 19.1. The van der Waals surface area contributed by atoms with Crippen molar-refractivity contribution in [1.29, 1.82) is 0 Å². The number of rotatable bonds is 7. The van der Waals surface area contributed by atoms with E-state index in [2.05, 4.69) is 13.8 Å². The summed E-state index contributed by atoms with van der Waals surface area (Å²) >= 11 is 6.03. The van der Waals surface area contributed by atoms with Gasteiger partial charge in [-0.3, -0.25) is 14.3 Å². The predicted molar refractivity (Wildman–Crippen MR) is 122 cm³/mol. The third kappa shape index (κ3) is 4.64. The van der Waals surface area contributed by atoms with Gasteiger partial charge in [0.15, 0.2) is 0 Å². The second-order valence-electron chi connectivity index (χ2n) is 8.78. The van der Waals surface area contributed by atoms with Crippen molar-refractivity contribution in [1.82, 2.24) is 19.6 Å². The van der Waals surface area contributed by atoms with Gasteiger partial charge in [-0.1, -0.05) is 49.9 Å². The Hall–Kier alpha value is -2.34. The van der Waals surface area contributed by atoms with E-state index in [-0.39, 0.29) is 30.4 Å². The molecule has 6 nitrogen and oxygen atoms in total. The van der Waals surface area contributed by atoms with Crippen molar-refractivity contribution in [3.63, 3.8) is 0 Å². The molecule has 3 heterocycles. The molecule has 2 aliphatic rings. The molecule has 2 aliphatic heterocycles. The second-order valence-corrected chi connectivity index (χ2v) is 9.22. The zero-order chi connectivity index (χ0) is 22.0. The Balaban J connectivity index is 1.59. The Morgan fingerprint density at radius 2 is 2.00 bits per heavy atom. The highest BCUT2D eigenvalue weighted by Crippen LogP contribution is 2.30. The van der Waals surface area contributed by atoms with E-state index < -0.39 is 0 Å². The van der Waals surface area contributed by atoms with Gasteiger partial charge in [0.05, 0.1) is 11.7 Å². The van der Waals surface area contributed by atoms with Crippen molar-refractivity contribution in [3.05, 3.63) is 41.0 Å². The Morgan fingerprint density at radius 3 is 2.68 bits per heavy atom. The number of benzene rings is 1. The van der Waals surface area contributed by atoms with Gasteiger partial charge in [-0.2, -0.15) is 5.10 Å². The van der Waals surface area contributed by atoms with Crippen LogP contribution in [0, 0.1) is 0 Å². The highest BCUT2D eigenvalue weighted by molar-refractivity contribution is 6.30. The van der Waals surface area contributed by atoms with E-state index in [9.17, 15) is 9.59 Å². The molecular formula is C24H31ClN4O2. The van der Waals surface area contributed by atoms with Crippen molar-refractivity contribution in [2.45, 2.75) is 64.5 Å². The summed E-state index contributed by atoms with van der Waals surface area (Å²) in [6, 6.07) is 9.70. The summed E-state index contributed by atoms with van der Waals surface area (Å²) in [5, 5.41) is 5.46. The highest BCUT2D eigenvalue weighted by atomic mass is 35.5. The quantitative estimate of drug-likeness (QED) is 0.579. The largest absolute Gasteiger partial charge is 0.338 e. The fourth-order valence-electron chi connectivity index (χ4n) is 4.71. The molecule has 31 heavy (non-hydrogen) atoms. The molecule has 0 saturated carbocycles. The zero-order valence-electron chi connectivity index (χ0n) is 18.4. The number of carbonyl (C=O) groups excluding carboxylic acids is 2. The van der Waals surface area contributed by atoms with Gasteiger partial charge in [0, 0.05) is 29.7 Å². The molecule has 1 aromatic heterocycles. The number of hydrogen-bond donors (Lipinski definition) is 0. The summed E-state index contributed by atoms with van der Waals surface area (Å²) in [6.07, 6.45) is 6.39. The number of carbonyl (C=O) groups is 2. The van der Waals surface area contributed by atoms with Crippen molar-refractivity contribution < 1.29 is 9.59 Å². The first-order valence-electron chi connectivity index (χ1n) is 11.4. The molecule has 0 aliphatic carbocycles. The van der Waals surface area contributed by atoms with Crippen LogP contribution < -0.4 is 0 Å². The van der Waals surface area contributed by atoms with Gasteiger partial charge >= 0.3 is 0 Å². The highest BCUT2D eigenvalue weighted by Gasteiger charge is 2.35. The molecular weight excluding hydrogens is 412 g/mol. The Morgan fingerprint density at radius 1 is 1.23 bits per heavy atom. The van der Waals surface area contributed by atoms with Crippen LogP contribution in [0.3, 0.4) is 0 Å². The monoisotopic (exact) mass is 442 g/mol. The Kier molecular flexibility index (Phi) is 6.65. The lowest BCUT2D eigenvalue weighted by Crippen LogP contribution is -2.49. The summed E-state index contributed by atoms with van der Waals surface area (Å²) in [7, 11) is 0. The third-order valence-corrected chi connectivity index (χ3v) is 6.75. The van der Waals surface area contributed by atoms with Crippen molar-refractivity contribution >= 4 is 23.4 Å². The summed E-state index contributed by atoms with van der Waals surface area (Å²) in [4.78, 5) is 29.9. The molecule has 2 unspecified atom stereocenters. The number of hydrogen-bond acceptors (Lipinski definition) is 3. The van der Waals surface area contributed by atoms with Crippen molar-refractivity contribution in [2.75, 3.05) is 19.6 Å². The maximum absolute atomic E-state index is 13.3. The summed E-state index contributed by atoms with van der Waals surface area (Å²) in [6.45, 7) is 5.75. The Bertz CT molecular complexity index is 940. The van der Waals surface area contributed by atoms with Crippen LogP contribution in [0.2, 0.25) is 5.02 Å². The number of aromatic nitrogens is 2. The van der Waals surface area contributed by atoms with Crippen molar-refractivity contribution in [3.8, 4) is 11.3 Å². The lowest BCUT2D eigenvalue weighted by Gasteiger charge is -2.34. The summed E-state index contributed by atoms with van der Waals surface area (Å²) in [5.41, 5.74) is 2.27. The van der Waals surface area contributed by atoms with Crippen molar-refractivity contribution in [2.24, 2.45) is 0 Å². The lowest BCUT2D eigenvalue weighted by molar-refractivity contribution is -0.132. The van der Waals surface area contributed by atoms with Gasteiger partial charge in [-0.05, 0) is 44.4 Å². The molecule has 2 amide bonds. The van der Waals surface area contributed by atoms with E-state index in [1.807, 2.05) is 39.9 Å². The van der Waals surface area contributed by atoms with Gasteiger partial charge in [-0.15, -0.1) is 0 Å². The van der Waals surface area contributed by atoms with Crippen LogP contribution in [0.25, 0.3) is 11.3 Å².